The van der Waals surface area contributed by atoms with E-state index >= 15 is 0 Å². The Hall–Kier alpha value is -0.680. The van der Waals surface area contributed by atoms with Crippen molar-refractivity contribution in [3.8, 4) is 0 Å². The van der Waals surface area contributed by atoms with Crippen LogP contribution in [0.2, 0.25) is 0 Å². The normalized spacial score (nSPS) is 10.5. The molecule has 0 aliphatic carbocycles. The van der Waals surface area contributed by atoms with E-state index < -0.39 is 0 Å². The van der Waals surface area contributed by atoms with Gasteiger partial charge in [0.2, 0.25) is 0 Å². The van der Waals surface area contributed by atoms with Gasteiger partial charge in [0.15, 0.2) is 0 Å². The van der Waals surface area contributed by atoms with Gasteiger partial charge in [0.05, 0.1) is 18.8 Å². The van der Waals surface area contributed by atoms with Gasteiger partial charge in [-0.05, 0) is 0 Å². The van der Waals surface area contributed by atoms with Crippen molar-refractivity contribution in [3.63, 3.8) is 0 Å². The first-order valence-corrected chi connectivity index (χ1v) is 4.29. The molecule has 0 spiro atoms. The van der Waals surface area contributed by atoms with Crippen molar-refractivity contribution in [3.05, 3.63) is 22.1 Å². The predicted molar refractivity (Wildman–Crippen MR) is 49.6 cm³/mol. The number of thiol groups is 1. The van der Waals surface area contributed by atoms with E-state index in [1.54, 1.807) is 7.11 Å². The monoisotopic (exact) mass is 188 g/mol. The Bertz CT molecular complexity index is 292. The van der Waals surface area contributed by atoms with E-state index in [2.05, 4.69) is 17.7 Å². The lowest BCUT2D eigenvalue weighted by atomic mass is 10.5. The highest BCUT2D eigenvalue weighted by Crippen LogP contribution is 1.92. The summed E-state index contributed by atoms with van der Waals surface area (Å²) < 4.78 is 6.39. The van der Waals surface area contributed by atoms with Crippen LogP contribution in [-0.2, 0) is 17.9 Å². The molecule has 0 aliphatic rings. The molecular formula is C7H12N2O2S. The van der Waals surface area contributed by atoms with Gasteiger partial charge in [0.1, 0.15) is 0 Å². The third-order valence-electron chi connectivity index (χ3n) is 1.47. The van der Waals surface area contributed by atoms with Crippen LogP contribution in [0.5, 0.6) is 0 Å². The Kier molecular flexibility index (Phi) is 3.43. The molecule has 1 aromatic rings. The summed E-state index contributed by atoms with van der Waals surface area (Å²) in [5.74, 6) is 0.646. The molecule has 1 N–H and O–H groups in total. The molecule has 0 unspecified atom stereocenters. The predicted octanol–water partition coefficient (Wildman–Crippen LogP) is 0.253. The molecule has 5 heteroatoms. The van der Waals surface area contributed by atoms with E-state index in [1.807, 2.05) is 0 Å². The molecule has 0 saturated carbocycles. The van der Waals surface area contributed by atoms with Gasteiger partial charge in [-0.25, -0.2) is 0 Å². The second kappa shape index (κ2) is 4.37. The maximum Gasteiger partial charge on any atom is 0.266 e. The summed E-state index contributed by atoms with van der Waals surface area (Å²) in [6.07, 6.45) is 0. The quantitative estimate of drug-likeness (QED) is 0.665. The fraction of sp³-hybridized carbons (Fsp3) is 0.571. The molecule has 0 radical (unpaired) electrons. The average Bonchev–Trinajstić information content (AvgIpc) is 2.34. The molecule has 12 heavy (non-hydrogen) atoms. The van der Waals surface area contributed by atoms with Gasteiger partial charge in [0, 0.05) is 18.9 Å². The van der Waals surface area contributed by atoms with Crippen LogP contribution in [0.1, 0.15) is 5.69 Å². The van der Waals surface area contributed by atoms with Gasteiger partial charge in [-0.1, -0.05) is 0 Å². The Morgan fingerprint density at radius 1 is 1.75 bits per heavy atom. The Morgan fingerprint density at radius 3 is 3.08 bits per heavy atom. The minimum Gasteiger partial charge on any atom is -0.378 e. The van der Waals surface area contributed by atoms with E-state index in [9.17, 15) is 4.79 Å². The summed E-state index contributed by atoms with van der Waals surface area (Å²) in [5.41, 5.74) is 0.764. The first-order valence-electron chi connectivity index (χ1n) is 3.66. The molecule has 0 aliphatic heterocycles. The third-order valence-corrected chi connectivity index (χ3v) is 1.67. The number of nitrogens with zero attached hydrogens (tertiary/aromatic N) is 1. The lowest BCUT2D eigenvalue weighted by Crippen LogP contribution is -2.16. The summed E-state index contributed by atoms with van der Waals surface area (Å²) in [7, 11) is 1.59. The molecule has 1 rings (SSSR count). The summed E-state index contributed by atoms with van der Waals surface area (Å²) in [6, 6.07) is 1.53. The van der Waals surface area contributed by atoms with Gasteiger partial charge in [-0.2, -0.15) is 12.6 Å². The maximum absolute atomic E-state index is 11.1. The molecular weight excluding hydrogens is 176 g/mol. The Balaban J connectivity index is 2.78. The number of aromatic amines is 1. The van der Waals surface area contributed by atoms with Crippen LogP contribution in [0, 0.1) is 0 Å². The van der Waals surface area contributed by atoms with E-state index in [0.29, 0.717) is 18.9 Å². The molecule has 0 fully saturated rings. The van der Waals surface area contributed by atoms with Crippen molar-refractivity contribution in [1.82, 2.24) is 9.78 Å². The zero-order chi connectivity index (χ0) is 8.97. The fourth-order valence-electron chi connectivity index (χ4n) is 0.983. The van der Waals surface area contributed by atoms with Crippen molar-refractivity contribution in [2.45, 2.75) is 13.2 Å². The largest absolute Gasteiger partial charge is 0.378 e. The average molecular weight is 188 g/mol. The zero-order valence-electron chi connectivity index (χ0n) is 6.91. The molecule has 0 saturated heterocycles. The second-order valence-corrected chi connectivity index (χ2v) is 2.88. The van der Waals surface area contributed by atoms with Crippen LogP contribution in [0.3, 0.4) is 0 Å². The standard InChI is InChI=1S/C7H12N2O2S/c1-11-5-6-4-7(10)9(8-6)2-3-12/h4,8,12H,2-3,5H2,1H3. The van der Waals surface area contributed by atoms with E-state index in [-0.39, 0.29) is 5.56 Å². The van der Waals surface area contributed by atoms with Gasteiger partial charge >= 0.3 is 0 Å². The van der Waals surface area contributed by atoms with E-state index in [1.165, 1.54) is 10.7 Å². The third kappa shape index (κ3) is 2.15. The minimum atomic E-state index is -0.0314. The van der Waals surface area contributed by atoms with Gasteiger partial charge < -0.3 is 4.74 Å². The van der Waals surface area contributed by atoms with E-state index in [0.717, 1.165) is 5.69 Å². The fourth-order valence-corrected chi connectivity index (χ4v) is 1.18. The first-order chi connectivity index (χ1) is 5.77. The lowest BCUT2D eigenvalue weighted by Gasteiger charge is -1.97. The topological polar surface area (TPSA) is 47.0 Å². The molecule has 1 aromatic heterocycles. The van der Waals surface area contributed by atoms with Crippen molar-refractivity contribution < 1.29 is 4.74 Å². The Labute approximate surface area is 75.9 Å². The number of rotatable bonds is 4. The Morgan fingerprint density at radius 2 is 2.50 bits per heavy atom. The minimum absolute atomic E-state index is 0.0314. The molecule has 68 valence electrons. The number of aryl methyl sites for hydroxylation is 1. The number of methoxy groups -OCH3 is 1. The number of nitrogens with one attached hydrogen (secondary N) is 1. The van der Waals surface area contributed by atoms with E-state index in [4.69, 9.17) is 4.74 Å². The van der Waals surface area contributed by atoms with Gasteiger partial charge in [-0.3, -0.25) is 14.6 Å². The highest BCUT2D eigenvalue weighted by molar-refractivity contribution is 7.80. The summed E-state index contributed by atoms with van der Waals surface area (Å²) in [5, 5.41) is 2.91. The SMILES string of the molecule is COCc1cc(=O)n(CCS)[nH]1. The summed E-state index contributed by atoms with van der Waals surface area (Å²) in [4.78, 5) is 11.1. The molecule has 0 amide bonds. The van der Waals surface area contributed by atoms with Crippen molar-refractivity contribution in [1.29, 1.82) is 0 Å². The highest BCUT2D eigenvalue weighted by Gasteiger charge is 2.00. The van der Waals surface area contributed by atoms with Crippen LogP contribution >= 0.6 is 12.6 Å². The number of ether oxygens (including phenoxy) is 1. The molecule has 0 bridgehead atoms. The molecule has 0 atom stereocenters. The van der Waals surface area contributed by atoms with Crippen LogP contribution in [0.4, 0.5) is 0 Å². The first kappa shape index (κ1) is 9.41. The van der Waals surface area contributed by atoms with Crippen molar-refractivity contribution >= 4 is 12.6 Å². The van der Waals surface area contributed by atoms with Crippen LogP contribution < -0.4 is 5.56 Å². The second-order valence-electron chi connectivity index (χ2n) is 2.43. The van der Waals surface area contributed by atoms with Gasteiger partial charge in [0.25, 0.3) is 5.56 Å². The van der Waals surface area contributed by atoms with Gasteiger partial charge in [-0.15, -0.1) is 0 Å². The number of hydrogen-bond acceptors (Lipinski definition) is 3. The molecule has 4 nitrogen and oxygen atoms in total. The number of hydrogen-bond donors (Lipinski definition) is 2. The lowest BCUT2D eigenvalue weighted by molar-refractivity contribution is 0.180. The molecule has 1 heterocycles. The summed E-state index contributed by atoms with van der Waals surface area (Å²) >= 11 is 4.03. The van der Waals surface area contributed by atoms with Crippen LogP contribution in [0.25, 0.3) is 0 Å². The maximum atomic E-state index is 11.1. The van der Waals surface area contributed by atoms with Crippen molar-refractivity contribution in [2.24, 2.45) is 0 Å². The van der Waals surface area contributed by atoms with Crippen LogP contribution in [0.15, 0.2) is 10.9 Å². The number of H-pyrrole nitrogens is 1. The summed E-state index contributed by atoms with van der Waals surface area (Å²) in [6.45, 7) is 1.04. The van der Waals surface area contributed by atoms with Crippen LogP contribution in [-0.4, -0.2) is 22.6 Å². The zero-order valence-corrected chi connectivity index (χ0v) is 7.80. The highest BCUT2D eigenvalue weighted by atomic mass is 32.1. The van der Waals surface area contributed by atoms with Crippen molar-refractivity contribution in [2.75, 3.05) is 12.9 Å². The smallest absolute Gasteiger partial charge is 0.266 e. The molecule has 0 aromatic carbocycles. The number of aromatic nitrogens is 2.